The van der Waals surface area contributed by atoms with E-state index in [0.717, 1.165) is 25.7 Å². The zero-order chi connectivity index (χ0) is 33.2. The van der Waals surface area contributed by atoms with Crippen molar-refractivity contribution in [3.8, 4) is 0 Å². The van der Waals surface area contributed by atoms with Gasteiger partial charge in [-0.05, 0) is 36.5 Å². The van der Waals surface area contributed by atoms with E-state index in [4.69, 9.17) is 0 Å². The number of fused-ring (bicyclic) bond motifs is 3. The summed E-state index contributed by atoms with van der Waals surface area (Å²) in [6.07, 6.45) is 11.2. The van der Waals surface area contributed by atoms with Crippen LogP contribution >= 0.6 is 0 Å². The number of allylic oxidation sites excluding steroid dienone is 4. The molecular weight excluding hydrogens is 703 g/mol. The Balaban J connectivity index is 0.000000329. The van der Waals surface area contributed by atoms with Crippen LogP contribution in [-0.2, 0) is 54.3 Å². The molecule has 0 amide bonds. The van der Waals surface area contributed by atoms with Gasteiger partial charge in [-0.3, -0.25) is 0 Å². The van der Waals surface area contributed by atoms with E-state index >= 15 is 0 Å². The predicted molar refractivity (Wildman–Crippen MR) is 200 cm³/mol. The van der Waals surface area contributed by atoms with Crippen molar-refractivity contribution >= 4 is 30.3 Å². The van der Waals surface area contributed by atoms with E-state index in [1.54, 1.807) is 16.7 Å². The maximum atomic E-state index is 2.53. The van der Waals surface area contributed by atoms with Crippen LogP contribution < -0.4 is 24.8 Å². The number of hydrogen-bond acceptors (Lipinski definition) is 0. The van der Waals surface area contributed by atoms with Crippen LogP contribution in [0.2, 0.25) is 0 Å². The van der Waals surface area contributed by atoms with Gasteiger partial charge in [0.15, 0.2) is 0 Å². The van der Waals surface area contributed by atoms with Crippen LogP contribution in [0.25, 0.3) is 27.1 Å². The van der Waals surface area contributed by atoms with Crippen LogP contribution in [-0.4, -0.2) is 3.21 Å². The fraction of sp³-hybridized carbons (Fsp3) is 0.333. The van der Waals surface area contributed by atoms with Gasteiger partial charge in [-0.2, -0.15) is 0 Å². The Bertz CT molecular complexity index is 1880. The van der Waals surface area contributed by atoms with E-state index in [1.807, 2.05) is 0 Å². The van der Waals surface area contributed by atoms with Gasteiger partial charge in [0.2, 0.25) is 0 Å². The van der Waals surface area contributed by atoms with Gasteiger partial charge < -0.3 is 24.8 Å². The molecule has 1 aliphatic carbocycles. The Labute approximate surface area is 317 Å². The van der Waals surface area contributed by atoms with Crippen LogP contribution in [0.1, 0.15) is 113 Å². The maximum absolute atomic E-state index is 2.53. The average Bonchev–Trinajstić information content (AvgIpc) is 3.72. The number of rotatable bonds is 6. The van der Waals surface area contributed by atoms with Gasteiger partial charge in [-0.1, -0.05) is 126 Å². The normalized spacial score (nSPS) is 12.7. The van der Waals surface area contributed by atoms with Crippen molar-refractivity contribution in [3.05, 3.63) is 142 Å². The molecule has 48 heavy (non-hydrogen) atoms. The van der Waals surface area contributed by atoms with E-state index in [0.29, 0.717) is 0 Å². The number of halogens is 2. The first-order valence-corrected chi connectivity index (χ1v) is 18.4. The zero-order valence-electron chi connectivity index (χ0n) is 30.3. The Morgan fingerprint density at radius 1 is 0.708 bits per heavy atom. The molecule has 0 saturated carbocycles. The number of hydrogen-bond donors (Lipinski definition) is 0. The summed E-state index contributed by atoms with van der Waals surface area (Å²) in [5.74, 6) is 0. The fourth-order valence-electron chi connectivity index (χ4n) is 7.27. The van der Waals surface area contributed by atoms with Crippen molar-refractivity contribution in [3.63, 3.8) is 0 Å². The predicted octanol–water partition coefficient (Wildman–Crippen LogP) is 6.15. The van der Waals surface area contributed by atoms with Crippen LogP contribution in [0.15, 0.2) is 97.1 Å². The topological polar surface area (TPSA) is 0 Å². The van der Waals surface area contributed by atoms with Crippen molar-refractivity contribution in [2.75, 3.05) is 0 Å². The molecule has 5 aromatic carbocycles. The second-order valence-corrected chi connectivity index (χ2v) is 16.0. The van der Waals surface area contributed by atoms with Crippen LogP contribution in [0.5, 0.6) is 0 Å². The molecule has 0 unspecified atom stereocenters. The van der Waals surface area contributed by atoms with Crippen LogP contribution in [0, 0.1) is 0 Å². The van der Waals surface area contributed by atoms with Crippen LogP contribution in [0.4, 0.5) is 0 Å². The summed E-state index contributed by atoms with van der Waals surface area (Å²) in [7, 11) is 0. The van der Waals surface area contributed by atoms with E-state index in [9.17, 15) is 0 Å². The molecule has 0 atom stereocenters. The molecule has 0 bridgehead atoms. The van der Waals surface area contributed by atoms with Crippen molar-refractivity contribution in [2.45, 2.75) is 98.8 Å². The Hall–Kier alpha value is -2.44. The minimum absolute atomic E-state index is 0. The van der Waals surface area contributed by atoms with Gasteiger partial charge in [0.1, 0.15) is 0 Å². The summed E-state index contributed by atoms with van der Waals surface area (Å²) in [5.41, 5.74) is 13.6. The molecule has 3 heteroatoms. The Morgan fingerprint density at radius 2 is 1.27 bits per heavy atom. The molecule has 0 saturated heterocycles. The first-order valence-electron chi connectivity index (χ1n) is 17.2. The van der Waals surface area contributed by atoms with Crippen molar-refractivity contribution in [1.29, 1.82) is 0 Å². The molecule has 250 valence electrons. The summed E-state index contributed by atoms with van der Waals surface area (Å²) in [5, 5.41) is 5.96. The van der Waals surface area contributed by atoms with Gasteiger partial charge in [-0.15, -0.1) is 33.7 Å². The molecular formula is C45H51Cl2Zr-. The van der Waals surface area contributed by atoms with Gasteiger partial charge in [-0.25, -0.2) is 0 Å². The third-order valence-corrected chi connectivity index (χ3v) is 10.9. The van der Waals surface area contributed by atoms with Gasteiger partial charge in [0.05, 0.1) is 0 Å². The summed E-state index contributed by atoms with van der Waals surface area (Å²) < 4.78 is 1.42. The second kappa shape index (κ2) is 16.5. The second-order valence-electron chi connectivity index (χ2n) is 14.7. The van der Waals surface area contributed by atoms with Crippen molar-refractivity contribution < 1.29 is 49.0 Å². The molecule has 0 aromatic heterocycles. The van der Waals surface area contributed by atoms with Crippen molar-refractivity contribution in [1.82, 2.24) is 0 Å². The van der Waals surface area contributed by atoms with E-state index < -0.39 is 0 Å². The monoisotopic (exact) mass is 751 g/mol. The van der Waals surface area contributed by atoms with Gasteiger partial charge >= 0.3 is 99.2 Å². The SMILES string of the molecule is CCc1c(C(C)(C)C)c(C2=CC=CC2)c2[cH-]c3cc(C(C)(C)C)cc(CC)c3c2c1CC.[Cl-].[Cl-].[Zr+2]=[C](c1ccccc1)c1ccccc1. The molecule has 1 aliphatic rings. The third kappa shape index (κ3) is 8.12. The van der Waals surface area contributed by atoms with E-state index in [2.05, 4.69) is 159 Å². The molecule has 5 aromatic rings. The summed E-state index contributed by atoms with van der Waals surface area (Å²) in [6, 6.07) is 28.6. The molecule has 0 nitrogen and oxygen atoms in total. The van der Waals surface area contributed by atoms with Gasteiger partial charge in [0, 0.05) is 0 Å². The first-order chi connectivity index (χ1) is 21.9. The Morgan fingerprint density at radius 3 is 1.71 bits per heavy atom. The van der Waals surface area contributed by atoms with Crippen LogP contribution in [0.3, 0.4) is 0 Å². The molecule has 0 aliphatic heterocycles. The Kier molecular flexibility index (Phi) is 13.8. The molecule has 0 N–H and O–H groups in total. The molecule has 0 spiro atoms. The molecule has 6 rings (SSSR count). The quantitative estimate of drug-likeness (QED) is 0.183. The zero-order valence-corrected chi connectivity index (χ0v) is 34.3. The third-order valence-electron chi connectivity index (χ3n) is 9.48. The fourth-order valence-corrected chi connectivity index (χ4v) is 8.09. The average molecular weight is 754 g/mol. The summed E-state index contributed by atoms with van der Waals surface area (Å²) in [6.45, 7) is 21.2. The summed E-state index contributed by atoms with van der Waals surface area (Å²) in [4.78, 5) is 0. The minimum atomic E-state index is 0. The molecule has 0 heterocycles. The van der Waals surface area contributed by atoms with E-state index in [1.165, 1.54) is 82.4 Å². The number of benzene rings is 4. The number of aryl methyl sites for hydroxylation is 2. The standard InChI is InChI=1S/C32H41.C13H10.2ClH.Zr/c1-10-20-17-23(31(4,5)6)18-22-19-26-28(21-15-13-14-16-21)30(32(7,8)9)25(12-3)24(11-2)29(26)27(20)22;1-3-7-12(8-4-1)11-13-9-5-2-6-10-13;;;/h13-15,17-19H,10-12,16H2,1-9H3;1-10H;2*1H;/q-1;;;;+2/p-2. The van der Waals surface area contributed by atoms with Crippen molar-refractivity contribution in [2.24, 2.45) is 0 Å². The molecule has 0 fully saturated rings. The molecule has 0 radical (unpaired) electrons. The summed E-state index contributed by atoms with van der Waals surface area (Å²) >= 11 is 1.46. The van der Waals surface area contributed by atoms with E-state index in [-0.39, 0.29) is 35.6 Å². The van der Waals surface area contributed by atoms with Gasteiger partial charge in [0.25, 0.3) is 0 Å². The first kappa shape index (κ1) is 40.0.